The molecule has 3 N–H and O–H groups in total. The third kappa shape index (κ3) is 2.56. The lowest BCUT2D eigenvalue weighted by Gasteiger charge is -2.16. The van der Waals surface area contributed by atoms with Crippen molar-refractivity contribution in [2.24, 2.45) is 5.84 Å². The summed E-state index contributed by atoms with van der Waals surface area (Å²) in [6.07, 6.45) is 0. The van der Waals surface area contributed by atoms with Crippen LogP contribution in [0.5, 0.6) is 0 Å². The lowest BCUT2D eigenvalue weighted by molar-refractivity contribution is 0.476. The molecule has 3 rings (SSSR count). The fraction of sp³-hybridized carbons (Fsp3) is 0.176. The Kier molecular flexibility index (Phi) is 3.72. The smallest absolute Gasteiger partial charge is 0.152 e. The molecule has 0 fully saturated rings. The molecular formula is C17H17ClN2O. The van der Waals surface area contributed by atoms with Gasteiger partial charge in [-0.2, -0.15) is 0 Å². The monoisotopic (exact) mass is 300 g/mol. The van der Waals surface area contributed by atoms with E-state index in [1.165, 1.54) is 11.1 Å². The number of halogens is 1. The Morgan fingerprint density at radius 1 is 1.14 bits per heavy atom. The van der Waals surface area contributed by atoms with Crippen LogP contribution >= 0.6 is 11.6 Å². The highest BCUT2D eigenvalue weighted by atomic mass is 35.5. The first kappa shape index (κ1) is 14.1. The second-order valence-corrected chi connectivity index (χ2v) is 5.67. The van der Waals surface area contributed by atoms with Crippen molar-refractivity contribution in [1.82, 2.24) is 5.43 Å². The molecule has 1 unspecified atom stereocenters. The predicted molar refractivity (Wildman–Crippen MR) is 86.3 cm³/mol. The Balaban J connectivity index is 2.11. The maximum Gasteiger partial charge on any atom is 0.152 e. The largest absolute Gasteiger partial charge is 0.457 e. The van der Waals surface area contributed by atoms with E-state index in [1.54, 1.807) is 0 Å². The maximum absolute atomic E-state index is 6.17. The number of fused-ring (bicyclic) bond motifs is 1. The summed E-state index contributed by atoms with van der Waals surface area (Å²) in [6.45, 7) is 4.14. The van der Waals surface area contributed by atoms with Gasteiger partial charge in [0.25, 0.3) is 0 Å². The van der Waals surface area contributed by atoms with Gasteiger partial charge in [0.2, 0.25) is 0 Å². The number of hydrogen-bond donors (Lipinski definition) is 2. The molecule has 108 valence electrons. The maximum atomic E-state index is 6.17. The first-order valence-corrected chi connectivity index (χ1v) is 7.19. The Labute approximate surface area is 128 Å². The van der Waals surface area contributed by atoms with E-state index < -0.39 is 0 Å². The highest BCUT2D eigenvalue weighted by Crippen LogP contribution is 2.32. The lowest BCUT2D eigenvalue weighted by Crippen LogP contribution is -2.29. The lowest BCUT2D eigenvalue weighted by atomic mass is 9.98. The topological polar surface area (TPSA) is 51.2 Å². The van der Waals surface area contributed by atoms with Crippen LogP contribution in [0.2, 0.25) is 5.02 Å². The minimum absolute atomic E-state index is 0.200. The summed E-state index contributed by atoms with van der Waals surface area (Å²) in [6, 6.07) is 13.8. The van der Waals surface area contributed by atoms with Crippen LogP contribution in [0.1, 0.15) is 28.5 Å². The Bertz CT molecular complexity index is 795. The summed E-state index contributed by atoms with van der Waals surface area (Å²) in [5, 5.41) is 1.58. The van der Waals surface area contributed by atoms with Gasteiger partial charge in [-0.05, 0) is 37.1 Å². The zero-order valence-electron chi connectivity index (χ0n) is 12.0. The zero-order valence-corrected chi connectivity index (χ0v) is 12.7. The third-order valence-electron chi connectivity index (χ3n) is 3.70. The number of hydrogen-bond acceptors (Lipinski definition) is 3. The van der Waals surface area contributed by atoms with Gasteiger partial charge in [-0.15, -0.1) is 0 Å². The van der Waals surface area contributed by atoms with Gasteiger partial charge in [-0.25, -0.2) is 5.43 Å². The first-order chi connectivity index (χ1) is 10.1. The molecular weight excluding hydrogens is 284 g/mol. The number of hydrazine groups is 1. The molecule has 0 saturated heterocycles. The van der Waals surface area contributed by atoms with Crippen molar-refractivity contribution in [3.63, 3.8) is 0 Å². The van der Waals surface area contributed by atoms with Crippen LogP contribution in [-0.4, -0.2) is 0 Å². The van der Waals surface area contributed by atoms with Gasteiger partial charge in [0.15, 0.2) is 5.58 Å². The molecule has 3 nitrogen and oxygen atoms in total. The van der Waals surface area contributed by atoms with Crippen LogP contribution < -0.4 is 11.3 Å². The van der Waals surface area contributed by atoms with Crippen molar-refractivity contribution >= 4 is 22.6 Å². The molecule has 0 radical (unpaired) electrons. The van der Waals surface area contributed by atoms with E-state index in [2.05, 4.69) is 37.5 Å². The van der Waals surface area contributed by atoms with Crippen molar-refractivity contribution in [2.75, 3.05) is 0 Å². The Morgan fingerprint density at radius 3 is 2.62 bits per heavy atom. The van der Waals surface area contributed by atoms with E-state index in [9.17, 15) is 0 Å². The number of nitrogens with two attached hydrogens (primary N) is 1. The fourth-order valence-electron chi connectivity index (χ4n) is 2.66. The molecule has 0 aliphatic carbocycles. The van der Waals surface area contributed by atoms with Crippen LogP contribution in [0.3, 0.4) is 0 Å². The van der Waals surface area contributed by atoms with Crippen LogP contribution in [0.15, 0.2) is 46.9 Å². The third-order valence-corrected chi connectivity index (χ3v) is 4.00. The molecule has 3 aromatic rings. The van der Waals surface area contributed by atoms with Crippen LogP contribution in [0, 0.1) is 13.8 Å². The van der Waals surface area contributed by atoms with Gasteiger partial charge in [-0.3, -0.25) is 5.84 Å². The number of furan rings is 1. The summed E-state index contributed by atoms with van der Waals surface area (Å²) in [5.74, 6) is 6.52. The van der Waals surface area contributed by atoms with Crippen molar-refractivity contribution in [3.05, 3.63) is 69.9 Å². The first-order valence-electron chi connectivity index (χ1n) is 6.81. The van der Waals surface area contributed by atoms with Crippen LogP contribution in [0.4, 0.5) is 0 Å². The minimum Gasteiger partial charge on any atom is -0.457 e. The van der Waals surface area contributed by atoms with E-state index in [0.717, 1.165) is 16.7 Å². The SMILES string of the molecule is Cc1ccc(C(NN)c2cc3cccc(Cl)c3o2)c(C)c1. The molecule has 1 atom stereocenters. The number of nitrogens with one attached hydrogen (secondary N) is 1. The summed E-state index contributed by atoms with van der Waals surface area (Å²) in [4.78, 5) is 0. The second kappa shape index (κ2) is 5.53. The molecule has 0 aliphatic heterocycles. The van der Waals surface area contributed by atoms with Gasteiger partial charge in [0, 0.05) is 5.39 Å². The summed E-state index contributed by atoms with van der Waals surface area (Å²) in [5.41, 5.74) is 7.02. The van der Waals surface area contributed by atoms with Gasteiger partial charge in [-0.1, -0.05) is 47.5 Å². The van der Waals surface area contributed by atoms with Crippen LogP contribution in [-0.2, 0) is 0 Å². The van der Waals surface area contributed by atoms with E-state index in [-0.39, 0.29) is 6.04 Å². The zero-order chi connectivity index (χ0) is 15.0. The van der Waals surface area contributed by atoms with E-state index in [4.69, 9.17) is 21.9 Å². The van der Waals surface area contributed by atoms with Crippen molar-refractivity contribution in [3.8, 4) is 0 Å². The van der Waals surface area contributed by atoms with Gasteiger partial charge in [0.1, 0.15) is 11.8 Å². The van der Waals surface area contributed by atoms with Crippen molar-refractivity contribution in [2.45, 2.75) is 19.9 Å². The molecule has 21 heavy (non-hydrogen) atoms. The molecule has 0 saturated carbocycles. The number of para-hydroxylation sites is 1. The standard InChI is InChI=1S/C17H17ClN2O/c1-10-6-7-13(11(2)8-10)16(20-19)15-9-12-4-3-5-14(18)17(12)21-15/h3-9,16,20H,19H2,1-2H3. The van der Waals surface area contributed by atoms with E-state index in [1.807, 2.05) is 24.3 Å². The Hall–Kier alpha value is -1.81. The predicted octanol–water partition coefficient (Wildman–Crippen LogP) is 4.26. The van der Waals surface area contributed by atoms with Gasteiger partial charge < -0.3 is 4.42 Å². The number of aryl methyl sites for hydroxylation is 2. The van der Waals surface area contributed by atoms with Crippen molar-refractivity contribution in [1.29, 1.82) is 0 Å². The average molecular weight is 301 g/mol. The molecule has 4 heteroatoms. The molecule has 1 aromatic heterocycles. The molecule has 0 aliphatic rings. The fourth-order valence-corrected chi connectivity index (χ4v) is 2.88. The summed E-state index contributed by atoms with van der Waals surface area (Å²) >= 11 is 6.17. The Morgan fingerprint density at radius 2 is 1.95 bits per heavy atom. The quantitative estimate of drug-likeness (QED) is 0.561. The van der Waals surface area contributed by atoms with Crippen molar-refractivity contribution < 1.29 is 4.42 Å². The molecule has 0 bridgehead atoms. The normalized spacial score (nSPS) is 12.8. The number of rotatable bonds is 3. The average Bonchev–Trinajstić information content (AvgIpc) is 2.87. The van der Waals surface area contributed by atoms with Crippen LogP contribution in [0.25, 0.3) is 11.0 Å². The van der Waals surface area contributed by atoms with E-state index >= 15 is 0 Å². The molecule has 1 heterocycles. The minimum atomic E-state index is -0.200. The second-order valence-electron chi connectivity index (χ2n) is 5.27. The molecule has 0 amide bonds. The molecule has 2 aromatic carbocycles. The van der Waals surface area contributed by atoms with Gasteiger partial charge in [0.05, 0.1) is 5.02 Å². The highest BCUT2D eigenvalue weighted by Gasteiger charge is 2.19. The summed E-state index contributed by atoms with van der Waals surface area (Å²) in [7, 11) is 0. The van der Waals surface area contributed by atoms with Gasteiger partial charge >= 0.3 is 0 Å². The highest BCUT2D eigenvalue weighted by molar-refractivity contribution is 6.34. The summed E-state index contributed by atoms with van der Waals surface area (Å²) < 4.78 is 5.92. The molecule has 0 spiro atoms. The number of benzene rings is 2. The van der Waals surface area contributed by atoms with E-state index in [0.29, 0.717) is 10.6 Å².